The maximum atomic E-state index is 13.4. The summed E-state index contributed by atoms with van der Waals surface area (Å²) in [6.45, 7) is 0.907. The Balaban J connectivity index is 1.41. The number of piperidine rings is 1. The summed E-state index contributed by atoms with van der Waals surface area (Å²) in [5.74, 6) is 0.811. The summed E-state index contributed by atoms with van der Waals surface area (Å²) in [5.41, 5.74) is 1.06. The van der Waals surface area contributed by atoms with Gasteiger partial charge in [-0.25, -0.2) is 19.3 Å². The minimum absolute atomic E-state index is 0.152. The Morgan fingerprint density at radius 1 is 1.06 bits per heavy atom. The molecule has 4 N–H and O–H groups in total. The molecular formula is C22H27N7O4S. The van der Waals surface area contributed by atoms with Crippen molar-refractivity contribution in [3.8, 4) is 11.4 Å². The van der Waals surface area contributed by atoms with E-state index in [1.807, 2.05) is 11.6 Å². The quantitative estimate of drug-likeness (QED) is 0.431. The van der Waals surface area contributed by atoms with E-state index in [0.29, 0.717) is 43.3 Å². The molecule has 4 heterocycles. The number of aromatic nitrogens is 4. The lowest BCUT2D eigenvalue weighted by molar-refractivity contribution is 0.0700. The van der Waals surface area contributed by atoms with E-state index in [1.165, 1.54) is 11.3 Å². The Morgan fingerprint density at radius 2 is 1.82 bits per heavy atom. The van der Waals surface area contributed by atoms with Gasteiger partial charge in [0.05, 0.1) is 17.9 Å². The Bertz CT molecular complexity index is 1180. The lowest BCUT2D eigenvalue weighted by Gasteiger charge is -2.31. The van der Waals surface area contributed by atoms with Gasteiger partial charge in [-0.15, -0.1) is 11.3 Å². The van der Waals surface area contributed by atoms with Crippen LogP contribution in [0.4, 0.5) is 10.6 Å². The summed E-state index contributed by atoms with van der Waals surface area (Å²) in [4.78, 5) is 36.2. The summed E-state index contributed by atoms with van der Waals surface area (Å²) in [7, 11) is 0. The fraction of sp³-hybridized carbons (Fsp3) is 0.500. The van der Waals surface area contributed by atoms with E-state index in [4.69, 9.17) is 10.1 Å². The first-order chi connectivity index (χ1) is 16.5. The van der Waals surface area contributed by atoms with Gasteiger partial charge in [-0.3, -0.25) is 4.79 Å². The van der Waals surface area contributed by atoms with Gasteiger partial charge in [0.1, 0.15) is 16.3 Å². The number of carbonyl (C=O) groups excluding carboxylic acids is 1. The van der Waals surface area contributed by atoms with Crippen molar-refractivity contribution in [2.24, 2.45) is 0 Å². The summed E-state index contributed by atoms with van der Waals surface area (Å²) in [6, 6.07) is 1.70. The zero-order chi connectivity index (χ0) is 23.7. The van der Waals surface area contributed by atoms with Gasteiger partial charge in [-0.2, -0.15) is 5.10 Å². The number of nitrogens with zero attached hydrogens (tertiary/aromatic N) is 5. The van der Waals surface area contributed by atoms with Gasteiger partial charge in [0.2, 0.25) is 0 Å². The maximum absolute atomic E-state index is 13.4. The van der Waals surface area contributed by atoms with Gasteiger partial charge in [0, 0.05) is 42.8 Å². The van der Waals surface area contributed by atoms with Crippen LogP contribution in [-0.2, 0) is 0 Å². The number of anilines is 1. The molecule has 2 aliphatic rings. The third-order valence-corrected chi connectivity index (χ3v) is 7.36. The summed E-state index contributed by atoms with van der Waals surface area (Å²) < 4.78 is 1.76. The maximum Gasteiger partial charge on any atom is 0.404 e. The smallest absolute Gasteiger partial charge is 0.404 e. The highest BCUT2D eigenvalue weighted by atomic mass is 32.1. The number of fused-ring (bicyclic) bond motifs is 1. The van der Waals surface area contributed by atoms with Crippen LogP contribution in [0.1, 0.15) is 49.0 Å². The topological polar surface area (TPSA) is 145 Å². The van der Waals surface area contributed by atoms with Crippen molar-refractivity contribution < 1.29 is 19.8 Å². The minimum atomic E-state index is -1.04. The van der Waals surface area contributed by atoms with Crippen LogP contribution in [0.5, 0.6) is 0 Å². The second-order valence-electron chi connectivity index (χ2n) is 8.84. The average Bonchev–Trinajstić information content (AvgIpc) is 3.44. The predicted molar refractivity (Wildman–Crippen MR) is 126 cm³/mol. The van der Waals surface area contributed by atoms with E-state index in [1.54, 1.807) is 21.7 Å². The van der Waals surface area contributed by atoms with Gasteiger partial charge in [-0.1, -0.05) is 0 Å². The number of rotatable bonds is 5. The van der Waals surface area contributed by atoms with Crippen LogP contribution in [0.2, 0.25) is 0 Å². The number of aliphatic hydroxyl groups is 1. The van der Waals surface area contributed by atoms with Crippen LogP contribution in [0.25, 0.3) is 16.2 Å². The van der Waals surface area contributed by atoms with Gasteiger partial charge in [0.25, 0.3) is 5.91 Å². The Morgan fingerprint density at radius 3 is 2.56 bits per heavy atom. The average molecular weight is 486 g/mol. The molecule has 2 amide bonds. The molecule has 0 bridgehead atoms. The van der Waals surface area contributed by atoms with Crippen LogP contribution < -0.4 is 10.6 Å². The molecule has 1 saturated carbocycles. The lowest BCUT2D eigenvalue weighted by atomic mass is 9.93. The van der Waals surface area contributed by atoms with Crippen LogP contribution in [-0.4, -0.2) is 78.0 Å². The van der Waals surface area contributed by atoms with Crippen molar-refractivity contribution in [3.05, 3.63) is 29.5 Å². The Hall–Kier alpha value is -3.25. The number of carboxylic acid groups (broad SMARTS) is 1. The minimum Gasteiger partial charge on any atom is -0.465 e. The first-order valence-corrected chi connectivity index (χ1v) is 12.4. The van der Waals surface area contributed by atoms with Crippen LogP contribution in [0.15, 0.2) is 23.8 Å². The zero-order valence-electron chi connectivity index (χ0n) is 18.6. The Labute approximate surface area is 199 Å². The molecule has 0 atom stereocenters. The number of hydrogen-bond donors (Lipinski definition) is 4. The number of carbonyl (C=O) groups is 2. The summed E-state index contributed by atoms with van der Waals surface area (Å²) >= 11 is 1.53. The van der Waals surface area contributed by atoms with Crippen LogP contribution in [0.3, 0.4) is 0 Å². The molecule has 1 aliphatic carbocycles. The second-order valence-corrected chi connectivity index (χ2v) is 9.73. The van der Waals surface area contributed by atoms with Gasteiger partial charge >= 0.3 is 6.09 Å². The van der Waals surface area contributed by atoms with Crippen molar-refractivity contribution in [3.63, 3.8) is 0 Å². The van der Waals surface area contributed by atoms with Crippen molar-refractivity contribution >= 4 is 34.0 Å². The molecule has 180 valence electrons. The van der Waals surface area contributed by atoms with Gasteiger partial charge in [0.15, 0.2) is 5.82 Å². The summed E-state index contributed by atoms with van der Waals surface area (Å²) in [5, 5.41) is 31.0. The molecule has 0 radical (unpaired) electrons. The highest BCUT2D eigenvalue weighted by Gasteiger charge is 2.27. The predicted octanol–water partition coefficient (Wildman–Crippen LogP) is 2.44. The van der Waals surface area contributed by atoms with Crippen molar-refractivity contribution in [1.29, 1.82) is 0 Å². The number of aliphatic hydroxyl groups excluding tert-OH is 1. The van der Waals surface area contributed by atoms with E-state index in [9.17, 15) is 14.7 Å². The Kier molecular flexibility index (Phi) is 6.33. The number of hydrogen-bond acceptors (Lipinski definition) is 8. The zero-order valence-corrected chi connectivity index (χ0v) is 19.4. The van der Waals surface area contributed by atoms with Crippen molar-refractivity contribution in [2.45, 2.75) is 56.7 Å². The van der Waals surface area contributed by atoms with E-state index in [2.05, 4.69) is 20.7 Å². The van der Waals surface area contributed by atoms with E-state index >= 15 is 0 Å². The molecule has 0 spiro atoms. The van der Waals surface area contributed by atoms with Gasteiger partial charge in [-0.05, 0) is 38.5 Å². The number of nitrogens with one attached hydrogen (secondary N) is 2. The molecule has 2 fully saturated rings. The molecule has 0 unspecified atom stereocenters. The lowest BCUT2D eigenvalue weighted by Crippen LogP contribution is -2.46. The highest BCUT2D eigenvalue weighted by molar-refractivity contribution is 7.16. The fourth-order valence-electron chi connectivity index (χ4n) is 4.62. The van der Waals surface area contributed by atoms with E-state index in [-0.39, 0.29) is 24.1 Å². The number of thiazole rings is 1. The number of amides is 2. The SMILES string of the molecule is O=C(O)NC1CCN(C(=O)c2cc(N[C@H]3CC[C@@H](O)CC3)nc(-c3cnn4ccsc34)n2)CC1. The molecule has 1 aliphatic heterocycles. The molecule has 0 aromatic carbocycles. The van der Waals surface area contributed by atoms with Gasteiger partial charge < -0.3 is 25.7 Å². The monoisotopic (exact) mass is 485 g/mol. The molecule has 3 aromatic rings. The van der Waals surface area contributed by atoms with Crippen molar-refractivity contribution in [1.82, 2.24) is 29.8 Å². The molecular weight excluding hydrogens is 458 g/mol. The first kappa shape index (κ1) is 22.5. The molecule has 5 rings (SSSR count). The summed E-state index contributed by atoms with van der Waals surface area (Å²) in [6.07, 6.45) is 6.52. The first-order valence-electron chi connectivity index (χ1n) is 11.5. The third kappa shape index (κ3) is 4.82. The van der Waals surface area contributed by atoms with E-state index < -0.39 is 6.09 Å². The molecule has 3 aromatic heterocycles. The fourth-order valence-corrected chi connectivity index (χ4v) is 5.42. The highest BCUT2D eigenvalue weighted by Crippen LogP contribution is 2.28. The second kappa shape index (κ2) is 9.55. The standard InChI is InChI=1S/C22H27N7O4S/c30-15-3-1-13(2-4-15)24-18-11-17(20(31)28-7-5-14(6-8-28)25-22(32)33)26-19(27-18)16-12-23-29-9-10-34-21(16)29/h9-15,25,30H,1-8H2,(H,32,33)(H,24,26,27)/t13-,15+. The third-order valence-electron chi connectivity index (χ3n) is 6.48. The largest absolute Gasteiger partial charge is 0.465 e. The van der Waals surface area contributed by atoms with Crippen LogP contribution in [0, 0.1) is 0 Å². The van der Waals surface area contributed by atoms with E-state index in [0.717, 1.165) is 36.1 Å². The molecule has 11 nitrogen and oxygen atoms in total. The van der Waals surface area contributed by atoms with Crippen LogP contribution >= 0.6 is 11.3 Å². The molecule has 34 heavy (non-hydrogen) atoms. The molecule has 12 heteroatoms. The van der Waals surface area contributed by atoms with Crippen molar-refractivity contribution in [2.75, 3.05) is 18.4 Å². The number of likely N-dealkylation sites (tertiary alicyclic amines) is 1. The molecule has 1 saturated heterocycles. The normalized spacial score (nSPS) is 21.5.